The van der Waals surface area contributed by atoms with Gasteiger partial charge in [0.15, 0.2) is 0 Å². The topological polar surface area (TPSA) is 68.0 Å². The van der Waals surface area contributed by atoms with Crippen LogP contribution in [0.25, 0.3) is 28.0 Å². The van der Waals surface area contributed by atoms with Gasteiger partial charge in [0.05, 0.1) is 21.2 Å². The highest BCUT2D eigenvalue weighted by Gasteiger charge is 2.13. The molecule has 2 heterocycles. The first-order chi connectivity index (χ1) is 12.1. The Morgan fingerprint density at radius 2 is 1.76 bits per heavy atom. The van der Waals surface area contributed by atoms with Gasteiger partial charge >= 0.3 is 0 Å². The fourth-order valence-corrected chi connectivity index (χ4v) is 3.56. The number of hydrogen-bond acceptors (Lipinski definition) is 4. The fourth-order valence-electron chi connectivity index (χ4n) is 2.82. The van der Waals surface area contributed by atoms with Crippen molar-refractivity contribution in [2.75, 3.05) is 6.26 Å². The zero-order valence-corrected chi connectivity index (χ0v) is 14.3. The molecule has 0 radical (unpaired) electrons. The molecule has 0 bridgehead atoms. The number of fused-ring (bicyclic) bond motifs is 1. The quantitative estimate of drug-likeness (QED) is 0.614. The molecule has 124 valence electrons. The van der Waals surface area contributed by atoms with Gasteiger partial charge < -0.3 is 5.11 Å². The van der Waals surface area contributed by atoms with Gasteiger partial charge in [0, 0.05) is 35.8 Å². The third-order valence-electron chi connectivity index (χ3n) is 4.02. The number of hydrogen-bond donors (Lipinski definition) is 1. The van der Waals surface area contributed by atoms with Crippen molar-refractivity contribution in [3.63, 3.8) is 0 Å². The van der Waals surface area contributed by atoms with Crippen LogP contribution in [-0.4, -0.2) is 30.1 Å². The van der Waals surface area contributed by atoms with Gasteiger partial charge in [-0.1, -0.05) is 30.3 Å². The molecule has 2 aromatic carbocycles. The molecular formula is C19H15N3O2S. The van der Waals surface area contributed by atoms with E-state index in [9.17, 15) is 9.32 Å². The summed E-state index contributed by atoms with van der Waals surface area (Å²) < 4.78 is 13.9. The summed E-state index contributed by atoms with van der Waals surface area (Å²) in [7, 11) is -1.10. The molecule has 2 aromatic heterocycles. The van der Waals surface area contributed by atoms with Gasteiger partial charge in [-0.15, -0.1) is 0 Å². The molecule has 0 aliphatic carbocycles. The van der Waals surface area contributed by atoms with E-state index >= 15 is 0 Å². The minimum Gasteiger partial charge on any atom is -0.508 e. The van der Waals surface area contributed by atoms with Crippen molar-refractivity contribution in [2.45, 2.75) is 4.90 Å². The summed E-state index contributed by atoms with van der Waals surface area (Å²) in [6.07, 6.45) is 6.92. The van der Waals surface area contributed by atoms with Gasteiger partial charge in [-0.25, -0.2) is 9.97 Å². The number of phenolic OH excluding ortho intramolecular Hbond substituents is 1. The average molecular weight is 349 g/mol. The number of nitrogens with zero attached hydrogens (tertiary/aromatic N) is 3. The fraction of sp³-hybridized carbons (Fsp3) is 0.0526. The van der Waals surface area contributed by atoms with Gasteiger partial charge in [-0.3, -0.25) is 8.78 Å². The van der Waals surface area contributed by atoms with Crippen molar-refractivity contribution in [1.82, 2.24) is 14.5 Å². The van der Waals surface area contributed by atoms with Crippen LogP contribution in [0.3, 0.4) is 0 Å². The second-order valence-electron chi connectivity index (χ2n) is 5.66. The second kappa shape index (κ2) is 6.14. The number of benzene rings is 2. The standard InChI is InChI=1S/C19H15N3O2S/c1-25(24)18-12-22(17-8-3-2-7-16(17)18)19-20-10-14(11-21-19)13-5-4-6-15(23)9-13/h2-12,23H,1H3. The van der Waals surface area contributed by atoms with E-state index in [1.165, 1.54) is 0 Å². The molecule has 1 atom stereocenters. The summed E-state index contributed by atoms with van der Waals surface area (Å²) >= 11 is 0. The van der Waals surface area contributed by atoms with E-state index in [0.717, 1.165) is 26.9 Å². The van der Waals surface area contributed by atoms with Crippen molar-refractivity contribution in [3.8, 4) is 22.8 Å². The van der Waals surface area contributed by atoms with E-state index in [1.54, 1.807) is 36.8 Å². The summed E-state index contributed by atoms with van der Waals surface area (Å²) in [5.74, 6) is 0.713. The number of para-hydroxylation sites is 1. The van der Waals surface area contributed by atoms with Crippen molar-refractivity contribution >= 4 is 21.7 Å². The predicted octanol–water partition coefficient (Wildman–Crippen LogP) is 3.53. The minimum absolute atomic E-state index is 0.202. The number of rotatable bonds is 3. The van der Waals surface area contributed by atoms with Gasteiger partial charge in [-0.2, -0.15) is 0 Å². The van der Waals surface area contributed by atoms with E-state index in [0.29, 0.717) is 5.95 Å². The predicted molar refractivity (Wildman–Crippen MR) is 98.3 cm³/mol. The summed E-state index contributed by atoms with van der Waals surface area (Å²) in [4.78, 5) is 9.66. The molecule has 5 nitrogen and oxygen atoms in total. The first kappa shape index (κ1) is 15.5. The lowest BCUT2D eigenvalue weighted by molar-refractivity contribution is 0.475. The molecule has 0 aliphatic heterocycles. The first-order valence-corrected chi connectivity index (χ1v) is 9.24. The van der Waals surface area contributed by atoms with Crippen LogP contribution in [-0.2, 0) is 10.8 Å². The van der Waals surface area contributed by atoms with Crippen LogP contribution in [0.4, 0.5) is 0 Å². The maximum atomic E-state index is 12.0. The SMILES string of the molecule is CS(=O)c1cn(-c2ncc(-c3cccc(O)c3)cn2)c2ccccc12. The molecule has 0 spiro atoms. The largest absolute Gasteiger partial charge is 0.508 e. The number of phenols is 1. The van der Waals surface area contributed by atoms with Crippen LogP contribution < -0.4 is 0 Å². The van der Waals surface area contributed by atoms with Crippen molar-refractivity contribution < 1.29 is 9.32 Å². The molecule has 1 N–H and O–H groups in total. The third-order valence-corrected chi connectivity index (χ3v) is 4.96. The zero-order chi connectivity index (χ0) is 17.4. The molecule has 0 amide bonds. The van der Waals surface area contributed by atoms with E-state index < -0.39 is 10.8 Å². The third kappa shape index (κ3) is 2.81. The molecule has 0 aliphatic rings. The molecule has 25 heavy (non-hydrogen) atoms. The van der Waals surface area contributed by atoms with Crippen molar-refractivity contribution in [2.24, 2.45) is 0 Å². The first-order valence-electron chi connectivity index (χ1n) is 7.69. The Morgan fingerprint density at radius 1 is 1.00 bits per heavy atom. The highest BCUT2D eigenvalue weighted by Crippen LogP contribution is 2.26. The summed E-state index contributed by atoms with van der Waals surface area (Å²) in [6, 6.07) is 14.7. The normalized spacial score (nSPS) is 12.4. The van der Waals surface area contributed by atoms with E-state index in [2.05, 4.69) is 9.97 Å². The second-order valence-corrected chi connectivity index (χ2v) is 7.00. The van der Waals surface area contributed by atoms with Crippen molar-refractivity contribution in [3.05, 3.63) is 67.1 Å². The molecule has 1 unspecified atom stereocenters. The van der Waals surface area contributed by atoms with Crippen LogP contribution in [0.1, 0.15) is 0 Å². The molecule has 0 saturated carbocycles. The maximum absolute atomic E-state index is 12.0. The lowest BCUT2D eigenvalue weighted by atomic mass is 10.1. The van der Waals surface area contributed by atoms with E-state index in [4.69, 9.17) is 0 Å². The van der Waals surface area contributed by atoms with Gasteiger partial charge in [0.1, 0.15) is 5.75 Å². The summed E-state index contributed by atoms with van der Waals surface area (Å²) in [6.45, 7) is 0. The molecule has 0 fully saturated rings. The van der Waals surface area contributed by atoms with Gasteiger partial charge in [-0.05, 0) is 23.8 Å². The van der Waals surface area contributed by atoms with Crippen molar-refractivity contribution in [1.29, 1.82) is 0 Å². The number of aromatic hydroxyl groups is 1. The molecule has 6 heteroatoms. The van der Waals surface area contributed by atoms with Crippen LogP contribution in [0.15, 0.2) is 72.0 Å². The maximum Gasteiger partial charge on any atom is 0.234 e. The smallest absolute Gasteiger partial charge is 0.234 e. The van der Waals surface area contributed by atoms with E-state index in [1.807, 2.05) is 41.1 Å². The van der Waals surface area contributed by atoms with Crippen LogP contribution in [0, 0.1) is 0 Å². The Morgan fingerprint density at radius 3 is 2.48 bits per heavy atom. The Balaban J connectivity index is 1.81. The summed E-state index contributed by atoms with van der Waals surface area (Å²) in [5.41, 5.74) is 2.58. The Bertz CT molecular complexity index is 1090. The molecule has 4 aromatic rings. The van der Waals surface area contributed by atoms with Gasteiger partial charge in [0.25, 0.3) is 0 Å². The Hall–Kier alpha value is -2.99. The molecule has 0 saturated heterocycles. The van der Waals surface area contributed by atoms with Crippen LogP contribution in [0.2, 0.25) is 0 Å². The molecular weight excluding hydrogens is 334 g/mol. The zero-order valence-electron chi connectivity index (χ0n) is 13.5. The van der Waals surface area contributed by atoms with Crippen LogP contribution in [0.5, 0.6) is 5.75 Å². The summed E-state index contributed by atoms with van der Waals surface area (Å²) in [5, 5.41) is 10.5. The molecule has 4 rings (SSSR count). The Kier molecular flexibility index (Phi) is 3.82. The monoisotopic (exact) mass is 349 g/mol. The van der Waals surface area contributed by atoms with Gasteiger partial charge in [0.2, 0.25) is 5.95 Å². The number of aromatic nitrogens is 3. The van der Waals surface area contributed by atoms with Crippen LogP contribution >= 0.6 is 0 Å². The average Bonchev–Trinajstić information content (AvgIpc) is 3.02. The lowest BCUT2D eigenvalue weighted by Gasteiger charge is -2.05. The van der Waals surface area contributed by atoms with E-state index in [-0.39, 0.29) is 5.75 Å². The lowest BCUT2D eigenvalue weighted by Crippen LogP contribution is -1.99. The highest BCUT2D eigenvalue weighted by atomic mass is 32.2. The Labute approximate surface area is 147 Å². The highest BCUT2D eigenvalue weighted by molar-refractivity contribution is 7.84. The minimum atomic E-state index is -1.10.